The van der Waals surface area contributed by atoms with Crippen LogP contribution in [0.5, 0.6) is 0 Å². The van der Waals surface area contributed by atoms with Crippen LogP contribution >= 0.6 is 23.4 Å². The van der Waals surface area contributed by atoms with Crippen LogP contribution in [0.4, 0.5) is 5.69 Å². The van der Waals surface area contributed by atoms with Gasteiger partial charge in [-0.15, -0.1) is 11.8 Å². The number of thioether (sulfide) groups is 1. The van der Waals surface area contributed by atoms with Crippen LogP contribution in [0.15, 0.2) is 77.7 Å². The van der Waals surface area contributed by atoms with Gasteiger partial charge in [0, 0.05) is 26.9 Å². The van der Waals surface area contributed by atoms with E-state index in [0.29, 0.717) is 16.8 Å². The smallest absolute Gasteiger partial charge is 0.255 e. The minimum absolute atomic E-state index is 0.197. The van der Waals surface area contributed by atoms with Gasteiger partial charge >= 0.3 is 0 Å². The Morgan fingerprint density at radius 3 is 2.46 bits per heavy atom. The molecule has 3 nitrogen and oxygen atoms in total. The second kappa shape index (κ2) is 8.57. The van der Waals surface area contributed by atoms with Gasteiger partial charge in [0.1, 0.15) is 0 Å². The Bertz CT molecular complexity index is 947. The van der Waals surface area contributed by atoms with Crippen LogP contribution in [0.2, 0.25) is 5.02 Å². The number of carbonyl (C=O) groups excluding carboxylic acids is 1. The van der Waals surface area contributed by atoms with Crippen LogP contribution in [-0.2, 0) is 5.75 Å². The Morgan fingerprint density at radius 2 is 1.77 bits per heavy atom. The molecule has 3 aromatic carbocycles. The molecule has 0 unspecified atom stereocenters. The summed E-state index contributed by atoms with van der Waals surface area (Å²) < 4.78 is 0. The fourth-order valence-electron chi connectivity index (χ4n) is 2.32. The van der Waals surface area contributed by atoms with Gasteiger partial charge in [-0.2, -0.15) is 5.26 Å². The first-order valence-electron chi connectivity index (χ1n) is 7.93. The average molecular weight is 379 g/mol. The van der Waals surface area contributed by atoms with Crippen molar-refractivity contribution in [1.82, 2.24) is 0 Å². The van der Waals surface area contributed by atoms with E-state index in [1.165, 1.54) is 0 Å². The molecule has 3 aromatic rings. The van der Waals surface area contributed by atoms with Crippen molar-refractivity contribution in [2.45, 2.75) is 10.6 Å². The Labute approximate surface area is 161 Å². The fourth-order valence-corrected chi connectivity index (χ4v) is 3.30. The number of carbonyl (C=O) groups is 1. The van der Waals surface area contributed by atoms with E-state index in [4.69, 9.17) is 16.9 Å². The van der Waals surface area contributed by atoms with Gasteiger partial charge < -0.3 is 5.32 Å². The summed E-state index contributed by atoms with van der Waals surface area (Å²) in [7, 11) is 0. The Kier molecular flexibility index (Phi) is 5.96. The maximum absolute atomic E-state index is 12.3. The molecule has 0 aliphatic carbocycles. The van der Waals surface area contributed by atoms with Crippen molar-refractivity contribution < 1.29 is 4.79 Å². The number of nitrogens with one attached hydrogen (secondary N) is 1. The van der Waals surface area contributed by atoms with Crippen molar-refractivity contribution in [3.8, 4) is 6.07 Å². The van der Waals surface area contributed by atoms with Crippen molar-refractivity contribution >= 4 is 35.0 Å². The second-order valence-corrected chi connectivity index (χ2v) is 7.07. The van der Waals surface area contributed by atoms with Crippen molar-refractivity contribution in [1.29, 1.82) is 5.26 Å². The van der Waals surface area contributed by atoms with Crippen LogP contribution in [-0.4, -0.2) is 5.91 Å². The molecule has 0 spiro atoms. The Balaban J connectivity index is 1.60. The Hall–Kier alpha value is -2.74. The fraction of sp³-hybridized carbons (Fsp3) is 0.0476. The van der Waals surface area contributed by atoms with Crippen LogP contribution in [0, 0.1) is 11.3 Å². The molecule has 0 fully saturated rings. The Morgan fingerprint density at radius 1 is 1.04 bits per heavy atom. The molecule has 0 aliphatic rings. The first kappa shape index (κ1) is 18.1. The summed E-state index contributed by atoms with van der Waals surface area (Å²) in [6, 6.07) is 24.1. The molecule has 26 heavy (non-hydrogen) atoms. The predicted octanol–water partition coefficient (Wildman–Crippen LogP) is 5.76. The summed E-state index contributed by atoms with van der Waals surface area (Å²) in [6.45, 7) is 0. The number of anilines is 1. The maximum Gasteiger partial charge on any atom is 0.255 e. The van der Waals surface area contributed by atoms with Gasteiger partial charge in [-0.1, -0.05) is 29.8 Å². The first-order chi connectivity index (χ1) is 12.6. The highest BCUT2D eigenvalue weighted by Crippen LogP contribution is 2.24. The number of hydrogen-bond donors (Lipinski definition) is 1. The zero-order valence-corrected chi connectivity index (χ0v) is 15.3. The molecular weight excluding hydrogens is 364 g/mol. The second-order valence-electron chi connectivity index (χ2n) is 5.59. The van der Waals surface area contributed by atoms with Crippen LogP contribution in [0.25, 0.3) is 0 Å². The van der Waals surface area contributed by atoms with Gasteiger partial charge in [0.05, 0.1) is 11.6 Å². The topological polar surface area (TPSA) is 52.9 Å². The third-order valence-electron chi connectivity index (χ3n) is 3.68. The lowest BCUT2D eigenvalue weighted by Gasteiger charge is -2.07. The highest BCUT2D eigenvalue weighted by atomic mass is 35.5. The number of benzene rings is 3. The summed E-state index contributed by atoms with van der Waals surface area (Å²) in [6.07, 6.45) is 0. The highest BCUT2D eigenvalue weighted by molar-refractivity contribution is 7.98. The third kappa shape index (κ3) is 4.89. The monoisotopic (exact) mass is 378 g/mol. The zero-order chi connectivity index (χ0) is 18.4. The minimum atomic E-state index is -0.197. The van der Waals surface area contributed by atoms with E-state index in [9.17, 15) is 4.79 Å². The predicted molar refractivity (Wildman–Crippen MR) is 107 cm³/mol. The van der Waals surface area contributed by atoms with Crippen LogP contribution in [0.1, 0.15) is 21.5 Å². The van der Waals surface area contributed by atoms with E-state index >= 15 is 0 Å². The molecule has 0 saturated carbocycles. The lowest BCUT2D eigenvalue weighted by Crippen LogP contribution is -2.11. The lowest BCUT2D eigenvalue weighted by atomic mass is 10.1. The van der Waals surface area contributed by atoms with Gasteiger partial charge in [0.25, 0.3) is 5.91 Å². The number of amides is 1. The standard InChI is InChI=1S/C21H15ClN2OS/c22-18-8-10-20(11-9-18)26-14-15-4-6-17(7-5-15)21(25)24-19-3-1-2-16(12-19)13-23/h1-12H,14H2,(H,24,25). The number of nitrogens with zero attached hydrogens (tertiary/aromatic N) is 1. The first-order valence-corrected chi connectivity index (χ1v) is 9.29. The van der Waals surface area contributed by atoms with Crippen molar-refractivity contribution in [3.63, 3.8) is 0 Å². The molecule has 128 valence electrons. The van der Waals surface area contributed by atoms with Crippen molar-refractivity contribution in [2.24, 2.45) is 0 Å². The molecule has 5 heteroatoms. The van der Waals surface area contributed by atoms with E-state index in [1.54, 1.807) is 48.2 Å². The molecule has 1 amide bonds. The molecule has 0 saturated heterocycles. The molecule has 0 atom stereocenters. The number of rotatable bonds is 5. The van der Waals surface area contributed by atoms with Gasteiger partial charge in [-0.25, -0.2) is 0 Å². The zero-order valence-electron chi connectivity index (χ0n) is 13.8. The normalized spacial score (nSPS) is 10.2. The van der Waals surface area contributed by atoms with Gasteiger partial charge in [-0.3, -0.25) is 4.79 Å². The number of halogens is 1. The quantitative estimate of drug-likeness (QED) is 0.574. The third-order valence-corrected chi connectivity index (χ3v) is 5.02. The van der Waals surface area contributed by atoms with Crippen molar-refractivity contribution in [3.05, 3.63) is 94.5 Å². The summed E-state index contributed by atoms with van der Waals surface area (Å²) in [5, 5.41) is 12.5. The van der Waals surface area contributed by atoms with Crippen LogP contribution in [0.3, 0.4) is 0 Å². The molecule has 0 bridgehead atoms. The van der Waals surface area contributed by atoms with E-state index < -0.39 is 0 Å². The summed E-state index contributed by atoms with van der Waals surface area (Å²) >= 11 is 7.60. The SMILES string of the molecule is N#Cc1cccc(NC(=O)c2ccc(CSc3ccc(Cl)cc3)cc2)c1. The van der Waals surface area contributed by atoms with E-state index in [-0.39, 0.29) is 5.91 Å². The average Bonchev–Trinajstić information content (AvgIpc) is 2.68. The number of nitriles is 1. The number of hydrogen-bond acceptors (Lipinski definition) is 3. The lowest BCUT2D eigenvalue weighted by molar-refractivity contribution is 0.102. The molecule has 3 rings (SSSR count). The largest absolute Gasteiger partial charge is 0.322 e. The molecule has 0 heterocycles. The van der Waals surface area contributed by atoms with Gasteiger partial charge in [0.2, 0.25) is 0 Å². The molecule has 0 radical (unpaired) electrons. The van der Waals surface area contributed by atoms with Gasteiger partial charge in [-0.05, 0) is 60.2 Å². The van der Waals surface area contributed by atoms with Gasteiger partial charge in [0.15, 0.2) is 0 Å². The van der Waals surface area contributed by atoms with Crippen LogP contribution < -0.4 is 5.32 Å². The minimum Gasteiger partial charge on any atom is -0.322 e. The summed E-state index contributed by atoms with van der Waals surface area (Å²) in [4.78, 5) is 13.5. The molecule has 0 aromatic heterocycles. The van der Waals surface area contributed by atoms with E-state index in [2.05, 4.69) is 11.4 Å². The molecule has 0 aliphatic heterocycles. The van der Waals surface area contributed by atoms with E-state index in [0.717, 1.165) is 21.2 Å². The summed E-state index contributed by atoms with van der Waals surface area (Å²) in [5.41, 5.74) is 2.83. The highest BCUT2D eigenvalue weighted by Gasteiger charge is 2.07. The van der Waals surface area contributed by atoms with E-state index in [1.807, 2.05) is 36.4 Å². The maximum atomic E-state index is 12.3. The molecular formula is C21H15ClN2OS. The molecule has 1 N–H and O–H groups in total. The van der Waals surface area contributed by atoms with Crippen molar-refractivity contribution in [2.75, 3.05) is 5.32 Å². The summed E-state index contributed by atoms with van der Waals surface area (Å²) in [5.74, 6) is 0.616.